The van der Waals surface area contributed by atoms with Crippen molar-refractivity contribution >= 4 is 22.7 Å². The van der Waals surface area contributed by atoms with Crippen LogP contribution in [0.15, 0.2) is 35.0 Å². The highest BCUT2D eigenvalue weighted by Gasteiger charge is 2.52. The summed E-state index contributed by atoms with van der Waals surface area (Å²) in [6.07, 6.45) is -17.2. The molecule has 0 bridgehead atoms. The standard InChI is InChI=1S/C28H40F6O11S2/c29-26(30,19-41-10-9-40-15-21(35)13-38-7-5-24-3-1-11-46-24)44-28(33,34)45-27(31,32)20-43-18-23(37)17-42-16-22(36)14-39-8-6-25-4-2-12-47-25/h1-4,11-12,21-23,35-37H,5-10,13-20H2. The van der Waals surface area contributed by atoms with Crippen molar-refractivity contribution < 1.29 is 79.6 Å². The molecule has 47 heavy (non-hydrogen) atoms. The number of hydrogen-bond donors (Lipinski definition) is 3. The molecule has 0 aliphatic rings. The van der Waals surface area contributed by atoms with Gasteiger partial charge in [0.25, 0.3) is 0 Å². The van der Waals surface area contributed by atoms with E-state index >= 15 is 0 Å². The molecule has 2 heterocycles. The van der Waals surface area contributed by atoms with Crippen molar-refractivity contribution in [1.82, 2.24) is 0 Å². The summed E-state index contributed by atoms with van der Waals surface area (Å²) in [5, 5.41) is 33.2. The van der Waals surface area contributed by atoms with Crippen LogP contribution in [0.3, 0.4) is 0 Å². The van der Waals surface area contributed by atoms with E-state index in [1.54, 1.807) is 22.7 Å². The molecule has 0 aromatic carbocycles. The Kier molecular flexibility index (Phi) is 19.8. The molecule has 3 unspecified atom stereocenters. The summed E-state index contributed by atoms with van der Waals surface area (Å²) >= 11 is 3.13. The van der Waals surface area contributed by atoms with Crippen molar-refractivity contribution in [2.45, 2.75) is 49.7 Å². The maximum Gasteiger partial charge on any atom is 0.495 e. The Morgan fingerprint density at radius 1 is 0.532 bits per heavy atom. The van der Waals surface area contributed by atoms with Crippen molar-refractivity contribution in [3.05, 3.63) is 44.8 Å². The number of halogens is 6. The van der Waals surface area contributed by atoms with Gasteiger partial charge >= 0.3 is 18.5 Å². The van der Waals surface area contributed by atoms with Crippen LogP contribution in [-0.4, -0.2) is 131 Å². The van der Waals surface area contributed by atoms with Gasteiger partial charge in [0.15, 0.2) is 0 Å². The lowest BCUT2D eigenvalue weighted by Gasteiger charge is -2.26. The first-order valence-corrected chi connectivity index (χ1v) is 16.1. The summed E-state index contributed by atoms with van der Waals surface area (Å²) in [5.74, 6) is 0. The normalized spacial score (nSPS) is 14.8. The molecule has 0 saturated carbocycles. The highest BCUT2D eigenvalue weighted by molar-refractivity contribution is 7.10. The van der Waals surface area contributed by atoms with Crippen LogP contribution < -0.4 is 0 Å². The van der Waals surface area contributed by atoms with E-state index in [1.807, 2.05) is 35.0 Å². The Morgan fingerprint density at radius 3 is 1.36 bits per heavy atom. The average Bonchev–Trinajstić information content (AvgIpc) is 3.69. The molecule has 0 saturated heterocycles. The van der Waals surface area contributed by atoms with Crippen LogP contribution >= 0.6 is 22.7 Å². The molecule has 2 aromatic rings. The Balaban J connectivity index is 1.50. The van der Waals surface area contributed by atoms with E-state index in [0.717, 1.165) is 9.75 Å². The molecule has 3 atom stereocenters. The van der Waals surface area contributed by atoms with Crippen LogP contribution in [0.5, 0.6) is 0 Å². The topological polar surface area (TPSA) is 135 Å². The third kappa shape index (κ3) is 21.3. The largest absolute Gasteiger partial charge is 0.495 e. The molecule has 272 valence electrons. The van der Waals surface area contributed by atoms with Crippen LogP contribution in [-0.2, 0) is 50.7 Å². The van der Waals surface area contributed by atoms with Crippen molar-refractivity contribution in [1.29, 1.82) is 0 Å². The quantitative estimate of drug-likeness (QED) is 0.0645. The van der Waals surface area contributed by atoms with Crippen LogP contribution in [0, 0.1) is 0 Å². The zero-order chi connectivity index (χ0) is 34.6. The van der Waals surface area contributed by atoms with Gasteiger partial charge in [-0.2, -0.15) is 17.6 Å². The lowest BCUT2D eigenvalue weighted by molar-refractivity contribution is -0.518. The first-order valence-electron chi connectivity index (χ1n) is 14.3. The zero-order valence-electron chi connectivity index (χ0n) is 25.3. The number of rotatable bonds is 29. The molecule has 0 fully saturated rings. The Morgan fingerprint density at radius 2 is 0.915 bits per heavy atom. The van der Waals surface area contributed by atoms with E-state index in [-0.39, 0.29) is 33.0 Å². The Labute approximate surface area is 275 Å². The van der Waals surface area contributed by atoms with E-state index in [4.69, 9.17) is 18.9 Å². The summed E-state index contributed by atoms with van der Waals surface area (Å²) in [4.78, 5) is 2.23. The first kappa shape index (κ1) is 41.7. The molecule has 2 aromatic heterocycles. The zero-order valence-corrected chi connectivity index (χ0v) is 26.9. The highest BCUT2D eigenvalue weighted by atomic mass is 32.1. The molecule has 0 radical (unpaired) electrons. The third-order valence-corrected chi connectivity index (χ3v) is 7.33. The monoisotopic (exact) mass is 730 g/mol. The van der Waals surface area contributed by atoms with Crippen molar-refractivity contribution in [3.8, 4) is 0 Å². The van der Waals surface area contributed by atoms with Gasteiger partial charge < -0.3 is 43.7 Å². The predicted molar refractivity (Wildman–Crippen MR) is 156 cm³/mol. The smallest absolute Gasteiger partial charge is 0.388 e. The van der Waals surface area contributed by atoms with Gasteiger partial charge in [0, 0.05) is 22.6 Å². The fourth-order valence-corrected chi connectivity index (χ4v) is 4.83. The second-order valence-electron chi connectivity index (χ2n) is 9.89. The lowest BCUT2D eigenvalue weighted by atomic mass is 10.3. The number of thiophene rings is 2. The SMILES string of the molecule is OC(COCCOCC(F)(F)OC(F)(F)OC(F)(F)COCC(O)COCC(O)COCCc1cccs1)COCCc1cccs1. The van der Waals surface area contributed by atoms with Gasteiger partial charge in [0.05, 0.1) is 66.1 Å². The molecular weight excluding hydrogens is 690 g/mol. The first-order chi connectivity index (χ1) is 22.3. The fourth-order valence-electron chi connectivity index (χ4n) is 3.45. The van der Waals surface area contributed by atoms with E-state index in [9.17, 15) is 41.7 Å². The molecule has 0 spiro atoms. The van der Waals surface area contributed by atoms with Crippen LogP contribution in [0.25, 0.3) is 0 Å². The minimum atomic E-state index is -5.45. The van der Waals surface area contributed by atoms with E-state index in [2.05, 4.69) is 18.9 Å². The molecule has 0 aliphatic heterocycles. The molecule has 3 N–H and O–H groups in total. The van der Waals surface area contributed by atoms with Gasteiger partial charge in [-0.3, -0.25) is 0 Å². The molecule has 2 rings (SSSR count). The van der Waals surface area contributed by atoms with Crippen molar-refractivity contribution in [2.75, 3.05) is 79.3 Å². The van der Waals surface area contributed by atoms with Crippen molar-refractivity contribution in [3.63, 3.8) is 0 Å². The maximum atomic E-state index is 13.8. The van der Waals surface area contributed by atoms with Crippen LogP contribution in [0.4, 0.5) is 26.3 Å². The van der Waals surface area contributed by atoms with E-state index < -0.39 is 69.9 Å². The summed E-state index contributed by atoms with van der Waals surface area (Å²) in [7, 11) is 0. The van der Waals surface area contributed by atoms with E-state index in [1.165, 1.54) is 0 Å². The van der Waals surface area contributed by atoms with Gasteiger partial charge in [0.1, 0.15) is 31.5 Å². The number of aliphatic hydroxyl groups excluding tert-OH is 3. The van der Waals surface area contributed by atoms with Crippen molar-refractivity contribution in [2.24, 2.45) is 0 Å². The van der Waals surface area contributed by atoms with Gasteiger partial charge in [-0.15, -0.1) is 31.5 Å². The summed E-state index contributed by atoms with van der Waals surface area (Å²) in [5.41, 5.74) is 0. The Bertz CT molecular complexity index is 1040. The molecular formula is C28H40F6O11S2. The van der Waals surface area contributed by atoms with E-state index in [0.29, 0.717) is 26.1 Å². The lowest BCUT2D eigenvalue weighted by Crippen LogP contribution is -2.44. The second-order valence-corrected chi connectivity index (χ2v) is 12.0. The van der Waals surface area contributed by atoms with Gasteiger partial charge in [-0.1, -0.05) is 12.1 Å². The summed E-state index contributed by atoms with van der Waals surface area (Å²) in [6.45, 7) is -5.46. The number of ether oxygens (including phenoxy) is 8. The minimum Gasteiger partial charge on any atom is -0.388 e. The second kappa shape index (κ2) is 22.3. The van der Waals surface area contributed by atoms with Gasteiger partial charge in [-0.25, -0.2) is 9.47 Å². The molecule has 19 heteroatoms. The molecule has 0 aliphatic carbocycles. The fraction of sp³-hybridized carbons (Fsp3) is 0.714. The van der Waals surface area contributed by atoms with Gasteiger partial charge in [-0.05, 0) is 22.9 Å². The average molecular weight is 731 g/mol. The van der Waals surface area contributed by atoms with Crippen LogP contribution in [0.2, 0.25) is 0 Å². The highest BCUT2D eigenvalue weighted by Crippen LogP contribution is 2.33. The van der Waals surface area contributed by atoms with Gasteiger partial charge in [0.2, 0.25) is 0 Å². The molecule has 11 nitrogen and oxygen atoms in total. The third-order valence-electron chi connectivity index (χ3n) is 5.46. The predicted octanol–water partition coefficient (Wildman–Crippen LogP) is 3.55. The summed E-state index contributed by atoms with van der Waals surface area (Å²) < 4.78 is 118. The maximum absolute atomic E-state index is 13.8. The number of aliphatic hydroxyl groups is 3. The minimum absolute atomic E-state index is 0.0313. The molecule has 0 amide bonds. The number of alkyl halides is 6. The Hall–Kier alpha value is -1.46. The number of hydrogen-bond acceptors (Lipinski definition) is 13. The summed E-state index contributed by atoms with van der Waals surface area (Å²) in [6, 6.07) is 7.68. The van der Waals surface area contributed by atoms with Crippen LogP contribution in [0.1, 0.15) is 9.75 Å².